The highest BCUT2D eigenvalue weighted by Crippen LogP contribution is 2.24. The molecule has 128 valence electrons. The van der Waals surface area contributed by atoms with Crippen molar-refractivity contribution in [1.29, 1.82) is 0 Å². The Morgan fingerprint density at radius 3 is 3.12 bits per heavy atom. The average molecular weight is 356 g/mol. The maximum Gasteiger partial charge on any atom is 0.261 e. The first kappa shape index (κ1) is 15.9. The van der Waals surface area contributed by atoms with E-state index in [0.717, 1.165) is 25.2 Å². The van der Waals surface area contributed by atoms with Crippen molar-refractivity contribution in [3.05, 3.63) is 51.5 Å². The Balaban J connectivity index is 1.51. The molecule has 0 fully saturated rings. The standard InChI is InChI=1S/C17H17N5O2S/c1-21-7-6-13-14(8-21)25-17(19-13)20-15(23)9-22-10-18-12-5-3-2-4-11(12)16(22)24/h2-5,10H,6-9H2,1H3,(H,19,20,23)/p+1. The van der Waals surface area contributed by atoms with Crippen molar-refractivity contribution < 1.29 is 9.69 Å². The number of rotatable bonds is 3. The summed E-state index contributed by atoms with van der Waals surface area (Å²) in [5.41, 5.74) is 1.49. The van der Waals surface area contributed by atoms with Crippen LogP contribution in [0.5, 0.6) is 0 Å². The molecule has 1 aliphatic heterocycles. The van der Waals surface area contributed by atoms with Crippen LogP contribution in [0.1, 0.15) is 10.6 Å². The molecule has 2 N–H and O–H groups in total. The number of carbonyl (C=O) groups is 1. The van der Waals surface area contributed by atoms with Crippen LogP contribution >= 0.6 is 11.3 Å². The van der Waals surface area contributed by atoms with Crippen LogP contribution in [-0.2, 0) is 24.3 Å². The molecule has 0 aliphatic carbocycles. The van der Waals surface area contributed by atoms with E-state index in [1.54, 1.807) is 18.2 Å². The molecule has 7 nitrogen and oxygen atoms in total. The Morgan fingerprint density at radius 1 is 1.40 bits per heavy atom. The fourth-order valence-electron chi connectivity index (χ4n) is 3.00. The van der Waals surface area contributed by atoms with Gasteiger partial charge in [0.1, 0.15) is 13.1 Å². The summed E-state index contributed by atoms with van der Waals surface area (Å²) in [5.74, 6) is -0.272. The third-order valence-corrected chi connectivity index (χ3v) is 5.33. The second kappa shape index (κ2) is 6.38. The van der Waals surface area contributed by atoms with Gasteiger partial charge in [-0.1, -0.05) is 23.5 Å². The summed E-state index contributed by atoms with van der Waals surface area (Å²) in [6, 6.07) is 7.11. The van der Waals surface area contributed by atoms with E-state index in [-0.39, 0.29) is 18.0 Å². The Morgan fingerprint density at radius 2 is 2.24 bits per heavy atom. The van der Waals surface area contributed by atoms with Gasteiger partial charge in [-0.25, -0.2) is 9.97 Å². The zero-order chi connectivity index (χ0) is 17.4. The summed E-state index contributed by atoms with van der Waals surface area (Å²) in [6.45, 7) is 1.92. The highest BCUT2D eigenvalue weighted by molar-refractivity contribution is 7.15. The quantitative estimate of drug-likeness (QED) is 0.696. The van der Waals surface area contributed by atoms with E-state index >= 15 is 0 Å². The van der Waals surface area contributed by atoms with E-state index in [0.29, 0.717) is 16.0 Å². The van der Waals surface area contributed by atoms with Crippen LogP contribution in [0.3, 0.4) is 0 Å². The lowest BCUT2D eigenvalue weighted by molar-refractivity contribution is -0.895. The lowest BCUT2D eigenvalue weighted by Crippen LogP contribution is -3.08. The molecule has 1 amide bonds. The number of quaternary nitrogens is 1. The van der Waals surface area contributed by atoms with E-state index in [4.69, 9.17) is 0 Å². The number of aromatic nitrogens is 3. The number of para-hydroxylation sites is 1. The number of anilines is 1. The molecule has 8 heteroatoms. The first-order chi connectivity index (χ1) is 12.1. The lowest BCUT2D eigenvalue weighted by Gasteiger charge is -2.17. The van der Waals surface area contributed by atoms with Crippen molar-refractivity contribution in [3.8, 4) is 0 Å². The molecule has 0 spiro atoms. The van der Waals surface area contributed by atoms with Crippen molar-refractivity contribution in [3.63, 3.8) is 0 Å². The van der Waals surface area contributed by atoms with E-state index in [1.807, 2.05) is 6.07 Å². The maximum atomic E-state index is 12.4. The number of nitrogens with zero attached hydrogens (tertiary/aromatic N) is 3. The summed E-state index contributed by atoms with van der Waals surface area (Å²) >= 11 is 1.52. The number of fused-ring (bicyclic) bond motifs is 2. The number of hydrogen-bond acceptors (Lipinski definition) is 5. The molecule has 1 aliphatic rings. The van der Waals surface area contributed by atoms with Crippen LogP contribution in [0.2, 0.25) is 0 Å². The largest absolute Gasteiger partial charge is 0.333 e. The van der Waals surface area contributed by atoms with Gasteiger partial charge in [0.2, 0.25) is 5.91 Å². The van der Waals surface area contributed by atoms with Crippen molar-refractivity contribution in [2.24, 2.45) is 0 Å². The molecule has 3 heterocycles. The second-order valence-electron chi connectivity index (χ2n) is 6.27. The molecule has 25 heavy (non-hydrogen) atoms. The van der Waals surface area contributed by atoms with Crippen LogP contribution in [0.4, 0.5) is 5.13 Å². The minimum atomic E-state index is -0.272. The zero-order valence-electron chi connectivity index (χ0n) is 13.8. The van der Waals surface area contributed by atoms with Gasteiger partial charge in [-0.05, 0) is 12.1 Å². The second-order valence-corrected chi connectivity index (χ2v) is 7.35. The maximum absolute atomic E-state index is 12.4. The zero-order valence-corrected chi connectivity index (χ0v) is 14.6. The van der Waals surface area contributed by atoms with Gasteiger partial charge in [0.05, 0.1) is 41.4 Å². The predicted octanol–water partition coefficient (Wildman–Crippen LogP) is 0.0625. The fourth-order valence-corrected chi connectivity index (χ4v) is 4.13. The predicted molar refractivity (Wildman–Crippen MR) is 95.9 cm³/mol. The number of likely N-dealkylation sites (N-methyl/N-ethyl adjacent to an activating group) is 1. The van der Waals surface area contributed by atoms with Crippen molar-refractivity contribution in [2.45, 2.75) is 19.5 Å². The monoisotopic (exact) mass is 356 g/mol. The number of hydrogen-bond donors (Lipinski definition) is 2. The lowest BCUT2D eigenvalue weighted by atomic mass is 10.2. The summed E-state index contributed by atoms with van der Waals surface area (Å²) in [6.07, 6.45) is 2.34. The smallest absolute Gasteiger partial charge is 0.261 e. The highest BCUT2D eigenvalue weighted by Gasteiger charge is 2.21. The van der Waals surface area contributed by atoms with Crippen molar-refractivity contribution >= 4 is 33.3 Å². The van der Waals surface area contributed by atoms with Crippen molar-refractivity contribution in [2.75, 3.05) is 18.9 Å². The third-order valence-electron chi connectivity index (χ3n) is 4.32. The molecule has 3 aromatic rings. The number of thiazole rings is 1. The van der Waals surface area contributed by atoms with Gasteiger partial charge in [0.25, 0.3) is 5.56 Å². The normalized spacial score (nSPS) is 16.6. The Bertz CT molecular complexity index is 1010. The summed E-state index contributed by atoms with van der Waals surface area (Å²) in [5, 5.41) is 3.92. The minimum Gasteiger partial charge on any atom is -0.333 e. The molecule has 0 bridgehead atoms. The Labute approximate surface area is 147 Å². The fraction of sp³-hybridized carbons (Fsp3) is 0.294. The van der Waals surface area contributed by atoms with Gasteiger partial charge in [-0.2, -0.15) is 0 Å². The highest BCUT2D eigenvalue weighted by atomic mass is 32.1. The first-order valence-electron chi connectivity index (χ1n) is 8.14. The van der Waals surface area contributed by atoms with Crippen LogP contribution in [-0.4, -0.2) is 34.0 Å². The SMILES string of the molecule is C[NH+]1CCc2nc(NC(=O)Cn3cnc4ccccc4c3=O)sc2C1. The van der Waals surface area contributed by atoms with E-state index in [2.05, 4.69) is 22.3 Å². The number of benzene rings is 1. The van der Waals surface area contributed by atoms with Crippen LogP contribution in [0.25, 0.3) is 10.9 Å². The molecule has 1 aromatic carbocycles. The molecular formula is C17H18N5O2S+. The van der Waals surface area contributed by atoms with Crippen molar-refractivity contribution in [1.82, 2.24) is 14.5 Å². The number of nitrogens with one attached hydrogen (secondary N) is 2. The molecular weight excluding hydrogens is 338 g/mol. The molecule has 0 saturated carbocycles. The van der Waals surface area contributed by atoms with Gasteiger partial charge in [-0.15, -0.1) is 0 Å². The number of carbonyl (C=O) groups excluding carboxylic acids is 1. The van der Waals surface area contributed by atoms with Gasteiger partial charge < -0.3 is 10.2 Å². The summed E-state index contributed by atoms with van der Waals surface area (Å²) in [7, 11) is 2.15. The van der Waals surface area contributed by atoms with E-state index < -0.39 is 0 Å². The number of amides is 1. The van der Waals surface area contributed by atoms with Crippen LogP contribution in [0.15, 0.2) is 35.4 Å². The van der Waals surface area contributed by atoms with Gasteiger partial charge in [-0.3, -0.25) is 14.2 Å². The van der Waals surface area contributed by atoms with Gasteiger partial charge >= 0.3 is 0 Å². The minimum absolute atomic E-state index is 0.0773. The summed E-state index contributed by atoms with van der Waals surface area (Å²) in [4.78, 5) is 36.2. The third kappa shape index (κ3) is 3.18. The Hall–Kier alpha value is -2.58. The molecule has 0 saturated heterocycles. The molecule has 0 radical (unpaired) electrons. The van der Waals surface area contributed by atoms with Gasteiger partial charge in [0.15, 0.2) is 5.13 Å². The molecule has 4 rings (SSSR count). The topological polar surface area (TPSA) is 81.3 Å². The van der Waals surface area contributed by atoms with Crippen LogP contribution in [0, 0.1) is 0 Å². The molecule has 1 atom stereocenters. The molecule has 1 unspecified atom stereocenters. The van der Waals surface area contributed by atoms with E-state index in [9.17, 15) is 9.59 Å². The van der Waals surface area contributed by atoms with Crippen LogP contribution < -0.4 is 15.8 Å². The van der Waals surface area contributed by atoms with E-state index in [1.165, 1.54) is 32.0 Å². The Kier molecular flexibility index (Phi) is 4.06. The summed E-state index contributed by atoms with van der Waals surface area (Å²) < 4.78 is 1.32. The first-order valence-corrected chi connectivity index (χ1v) is 8.96. The van der Waals surface area contributed by atoms with Gasteiger partial charge in [0, 0.05) is 6.42 Å². The molecule has 2 aromatic heterocycles. The average Bonchev–Trinajstić information content (AvgIpc) is 2.98.